The average molecular weight is 465 g/mol. The number of hydrogen-bond acceptors (Lipinski definition) is 5. The highest BCUT2D eigenvalue weighted by atomic mass is 35.5. The Kier molecular flexibility index (Phi) is 8.54. The van der Waals surface area contributed by atoms with Crippen molar-refractivity contribution < 1.29 is 35.9 Å². The van der Waals surface area contributed by atoms with Gasteiger partial charge < -0.3 is 10.1 Å². The van der Waals surface area contributed by atoms with Gasteiger partial charge in [0.25, 0.3) is 5.91 Å². The molecule has 0 bridgehead atoms. The number of halogens is 5. The second-order valence-corrected chi connectivity index (χ2v) is 8.36. The predicted octanol–water partition coefficient (Wildman–Crippen LogP) is 2.52. The fraction of sp³-hybridized carbons (Fsp3) is 0.467. The molecule has 158 valence electrons. The number of rotatable bonds is 8. The minimum atomic E-state index is -4.62. The van der Waals surface area contributed by atoms with Gasteiger partial charge in [-0.3, -0.25) is 9.59 Å². The van der Waals surface area contributed by atoms with Gasteiger partial charge in [-0.15, -0.1) is 0 Å². The SMILES string of the molecule is CC(C)C(NS(=O)(=O)c1c(Cl)cccc1Cl)C(=O)OCC(=O)NCC(F)(F)F. The quantitative estimate of drug-likeness (QED) is 0.575. The largest absolute Gasteiger partial charge is 0.454 e. The first-order chi connectivity index (χ1) is 12.7. The van der Waals surface area contributed by atoms with Crippen LogP contribution >= 0.6 is 23.2 Å². The third-order valence-corrected chi connectivity index (χ3v) is 5.62. The highest BCUT2D eigenvalue weighted by molar-refractivity contribution is 7.89. The lowest BCUT2D eigenvalue weighted by Crippen LogP contribution is -2.46. The second kappa shape index (κ2) is 9.77. The standard InChI is InChI=1S/C15H17Cl2F3N2O5S/c1-8(2)12(14(24)27-6-11(23)21-7-15(18,19)20)22-28(25,26)13-9(16)4-3-5-10(13)17/h3-5,8,12,22H,6-7H2,1-2H3,(H,21,23). The molecule has 0 fully saturated rings. The Bertz CT molecular complexity index is 811. The maximum Gasteiger partial charge on any atom is 0.405 e. The molecule has 0 radical (unpaired) electrons. The Hall–Kier alpha value is -1.56. The molecule has 1 aromatic carbocycles. The van der Waals surface area contributed by atoms with Crippen LogP contribution in [-0.4, -0.2) is 45.7 Å². The molecule has 0 aliphatic carbocycles. The fourth-order valence-electron chi connectivity index (χ4n) is 1.90. The molecule has 1 amide bonds. The number of ether oxygens (including phenoxy) is 1. The van der Waals surface area contributed by atoms with E-state index in [1.165, 1.54) is 37.4 Å². The normalized spacial score (nSPS) is 13.3. The van der Waals surface area contributed by atoms with Crippen LogP contribution in [0.3, 0.4) is 0 Å². The molecule has 7 nitrogen and oxygen atoms in total. The van der Waals surface area contributed by atoms with Crippen LogP contribution in [-0.2, 0) is 24.3 Å². The van der Waals surface area contributed by atoms with Crippen molar-refractivity contribution in [3.8, 4) is 0 Å². The summed E-state index contributed by atoms with van der Waals surface area (Å²) >= 11 is 11.7. The lowest BCUT2D eigenvalue weighted by molar-refractivity contribution is -0.153. The number of amides is 1. The van der Waals surface area contributed by atoms with Gasteiger partial charge in [0.15, 0.2) is 6.61 Å². The zero-order chi connectivity index (χ0) is 21.7. The molecular weight excluding hydrogens is 448 g/mol. The molecule has 0 aliphatic rings. The van der Waals surface area contributed by atoms with Crippen LogP contribution in [0.1, 0.15) is 13.8 Å². The summed E-state index contributed by atoms with van der Waals surface area (Å²) in [4.78, 5) is 23.0. The van der Waals surface area contributed by atoms with Gasteiger partial charge in [0.2, 0.25) is 10.0 Å². The third-order valence-electron chi connectivity index (χ3n) is 3.22. The molecule has 1 unspecified atom stereocenters. The van der Waals surface area contributed by atoms with Gasteiger partial charge in [-0.2, -0.15) is 17.9 Å². The molecule has 2 N–H and O–H groups in total. The molecule has 1 atom stereocenters. The van der Waals surface area contributed by atoms with Gasteiger partial charge in [0.1, 0.15) is 17.5 Å². The summed E-state index contributed by atoms with van der Waals surface area (Å²) in [7, 11) is -4.34. The Morgan fingerprint density at radius 2 is 1.71 bits per heavy atom. The van der Waals surface area contributed by atoms with E-state index in [1.54, 1.807) is 0 Å². The van der Waals surface area contributed by atoms with E-state index >= 15 is 0 Å². The summed E-state index contributed by atoms with van der Waals surface area (Å²) in [6, 6.07) is 2.57. The Morgan fingerprint density at radius 3 is 2.18 bits per heavy atom. The molecule has 0 heterocycles. The monoisotopic (exact) mass is 464 g/mol. The van der Waals surface area contributed by atoms with E-state index in [4.69, 9.17) is 23.2 Å². The molecule has 0 saturated carbocycles. The first-order valence-electron chi connectivity index (χ1n) is 7.71. The molecule has 13 heteroatoms. The second-order valence-electron chi connectivity index (χ2n) is 5.89. The van der Waals surface area contributed by atoms with Crippen LogP contribution < -0.4 is 10.0 Å². The number of alkyl halides is 3. The van der Waals surface area contributed by atoms with E-state index in [0.717, 1.165) is 0 Å². The van der Waals surface area contributed by atoms with E-state index < -0.39 is 58.1 Å². The van der Waals surface area contributed by atoms with Gasteiger partial charge in [-0.25, -0.2) is 8.42 Å². The van der Waals surface area contributed by atoms with Crippen molar-refractivity contribution in [1.82, 2.24) is 10.0 Å². The molecule has 28 heavy (non-hydrogen) atoms. The van der Waals surface area contributed by atoms with Gasteiger partial charge in [0.05, 0.1) is 10.0 Å². The first-order valence-corrected chi connectivity index (χ1v) is 9.95. The summed E-state index contributed by atoms with van der Waals surface area (Å²) in [5, 5.41) is 1.16. The Labute approximate surface area is 169 Å². The number of esters is 1. The maximum atomic E-state index is 12.6. The minimum Gasteiger partial charge on any atom is -0.454 e. The zero-order valence-corrected chi connectivity index (χ0v) is 17.0. The molecule has 0 saturated heterocycles. The number of benzene rings is 1. The Balaban J connectivity index is 2.85. The Morgan fingerprint density at radius 1 is 1.18 bits per heavy atom. The molecular formula is C15H17Cl2F3N2O5S. The molecule has 1 aromatic rings. The summed E-state index contributed by atoms with van der Waals surface area (Å²) in [6.45, 7) is 0.389. The summed E-state index contributed by atoms with van der Waals surface area (Å²) < 4.78 is 67.9. The van der Waals surface area contributed by atoms with Crippen molar-refractivity contribution >= 4 is 45.1 Å². The molecule has 0 aliphatic heterocycles. The molecule has 0 spiro atoms. The van der Waals surface area contributed by atoms with Crippen molar-refractivity contribution in [2.45, 2.75) is 31.0 Å². The van der Waals surface area contributed by atoms with Crippen LogP contribution in [0.25, 0.3) is 0 Å². The van der Waals surface area contributed by atoms with Gasteiger partial charge >= 0.3 is 12.1 Å². The minimum absolute atomic E-state index is 0.178. The maximum absolute atomic E-state index is 12.6. The van der Waals surface area contributed by atoms with Gasteiger partial charge in [-0.05, 0) is 18.1 Å². The number of carbonyl (C=O) groups excluding carboxylic acids is 2. The number of hydrogen-bond donors (Lipinski definition) is 2. The summed E-state index contributed by atoms with van der Waals surface area (Å²) in [6.07, 6.45) is -4.62. The summed E-state index contributed by atoms with van der Waals surface area (Å²) in [5.74, 6) is -2.96. The van der Waals surface area contributed by atoms with E-state index in [0.29, 0.717) is 0 Å². The lowest BCUT2D eigenvalue weighted by Gasteiger charge is -2.21. The van der Waals surface area contributed by atoms with Crippen molar-refractivity contribution in [1.29, 1.82) is 0 Å². The van der Waals surface area contributed by atoms with E-state index in [2.05, 4.69) is 9.46 Å². The zero-order valence-electron chi connectivity index (χ0n) is 14.6. The fourth-order valence-corrected chi connectivity index (χ4v) is 4.37. The van der Waals surface area contributed by atoms with Gasteiger partial charge in [0, 0.05) is 0 Å². The topological polar surface area (TPSA) is 102 Å². The smallest absolute Gasteiger partial charge is 0.405 e. The number of sulfonamides is 1. The molecule has 0 aromatic heterocycles. The van der Waals surface area contributed by atoms with E-state index in [-0.39, 0.29) is 10.0 Å². The molecule has 1 rings (SSSR count). The van der Waals surface area contributed by atoms with E-state index in [9.17, 15) is 31.2 Å². The van der Waals surface area contributed by atoms with Crippen molar-refractivity contribution in [3.05, 3.63) is 28.2 Å². The lowest BCUT2D eigenvalue weighted by atomic mass is 10.1. The van der Waals surface area contributed by atoms with E-state index in [1.807, 2.05) is 0 Å². The highest BCUT2D eigenvalue weighted by Gasteiger charge is 2.33. The van der Waals surface area contributed by atoms with Crippen molar-refractivity contribution in [2.24, 2.45) is 5.92 Å². The van der Waals surface area contributed by atoms with Gasteiger partial charge in [-0.1, -0.05) is 43.1 Å². The van der Waals surface area contributed by atoms with Crippen LogP contribution in [0.5, 0.6) is 0 Å². The third kappa shape index (κ3) is 7.46. The van der Waals surface area contributed by atoms with Crippen LogP contribution in [0.2, 0.25) is 10.0 Å². The first kappa shape index (κ1) is 24.5. The van der Waals surface area contributed by atoms with Crippen molar-refractivity contribution in [2.75, 3.05) is 13.2 Å². The number of nitrogens with one attached hydrogen (secondary N) is 2. The highest BCUT2D eigenvalue weighted by Crippen LogP contribution is 2.29. The van der Waals surface area contributed by atoms with Crippen LogP contribution in [0.15, 0.2) is 23.1 Å². The summed E-state index contributed by atoms with van der Waals surface area (Å²) in [5.41, 5.74) is 0. The average Bonchev–Trinajstić information content (AvgIpc) is 2.54. The van der Waals surface area contributed by atoms with Crippen molar-refractivity contribution in [3.63, 3.8) is 0 Å². The number of carbonyl (C=O) groups is 2. The predicted molar refractivity (Wildman–Crippen MR) is 95.4 cm³/mol. The van der Waals surface area contributed by atoms with Crippen LogP contribution in [0.4, 0.5) is 13.2 Å². The van der Waals surface area contributed by atoms with Crippen LogP contribution in [0, 0.1) is 5.92 Å².